The van der Waals surface area contributed by atoms with Gasteiger partial charge in [-0.05, 0) is 89.0 Å². The summed E-state index contributed by atoms with van der Waals surface area (Å²) in [4.78, 5) is 6.78. The molecule has 1 aromatic carbocycles. The van der Waals surface area contributed by atoms with Crippen LogP contribution in [0, 0.1) is 5.92 Å². The molecule has 5 fully saturated rings. The third-order valence-corrected chi connectivity index (χ3v) is 10.6. The topological polar surface area (TPSA) is 134 Å². The zero-order valence-corrected chi connectivity index (χ0v) is 24.7. The maximum Gasteiger partial charge on any atom is 0.142 e. The number of aliphatic hydroxyl groups excluding tert-OH is 2. The van der Waals surface area contributed by atoms with E-state index in [1.54, 1.807) is 0 Å². The average molecular weight is 571 g/mol. The van der Waals surface area contributed by atoms with Gasteiger partial charge in [0.05, 0.1) is 49.3 Å². The van der Waals surface area contributed by atoms with Crippen molar-refractivity contribution in [2.45, 2.75) is 119 Å². The molecule has 7 rings (SSSR count). The molecule has 228 valence electrons. The maximum absolute atomic E-state index is 11.1. The molecule has 0 spiro atoms. The Bertz CT molecular complexity index is 1080. The lowest BCUT2D eigenvalue weighted by Crippen LogP contribution is -2.68. The number of hydrogen-bond donors (Lipinski definition) is 7. The van der Waals surface area contributed by atoms with E-state index in [4.69, 9.17) is 10.5 Å². The number of anilines is 2. The van der Waals surface area contributed by atoms with Crippen LogP contribution in [0.5, 0.6) is 0 Å². The van der Waals surface area contributed by atoms with Crippen molar-refractivity contribution >= 4 is 11.4 Å². The highest BCUT2D eigenvalue weighted by Crippen LogP contribution is 2.44. The Morgan fingerprint density at radius 2 is 1.83 bits per heavy atom. The van der Waals surface area contributed by atoms with Crippen molar-refractivity contribution in [3.05, 3.63) is 23.8 Å². The SMILES string of the molecule is CC(C)N(C[C@H]1O[C@@H](N2CNC3C(N)NCN(C)C32)[C@H](O)[C@@H]1O)[C@H]1C[C@H](CCC2Nc3ccc(C4CC4)cc3N2)C1. The summed E-state index contributed by atoms with van der Waals surface area (Å²) in [6, 6.07) is 7.74. The highest BCUT2D eigenvalue weighted by atomic mass is 16.6. The first-order valence-corrected chi connectivity index (χ1v) is 15.9. The minimum atomic E-state index is -0.959. The minimum Gasteiger partial charge on any atom is -0.387 e. The standard InChI is InChI=1S/C30H50N8O3/c1-16(2)37(13-23-26(39)27(40)30(41-23)38-15-32-25-28(31)33-14-36(3)29(25)38)20-10-17(11-20)4-9-24-34-21-8-7-19(18-5-6-18)12-22(21)35-24/h7-8,12,16-18,20,23-30,32-35,39-40H,4-6,9-11,13-15,31H2,1-3H3/t17-,20-,23-,24?,25?,26-,27-,28?,29?,30-/m1/s1. The molecular weight excluding hydrogens is 520 g/mol. The van der Waals surface area contributed by atoms with Crippen LogP contribution in [0.4, 0.5) is 11.4 Å². The van der Waals surface area contributed by atoms with Crippen LogP contribution in [-0.2, 0) is 4.74 Å². The zero-order valence-electron chi connectivity index (χ0n) is 24.7. The summed E-state index contributed by atoms with van der Waals surface area (Å²) in [6.07, 6.45) is 4.61. The second-order valence-electron chi connectivity index (χ2n) is 13.8. The van der Waals surface area contributed by atoms with Gasteiger partial charge in [0.15, 0.2) is 0 Å². The lowest BCUT2D eigenvalue weighted by Gasteiger charge is -2.46. The lowest BCUT2D eigenvalue weighted by atomic mass is 9.76. The minimum absolute atomic E-state index is 0.00216. The first-order chi connectivity index (χ1) is 19.8. The van der Waals surface area contributed by atoms with E-state index in [-0.39, 0.29) is 18.4 Å². The summed E-state index contributed by atoms with van der Waals surface area (Å²) < 4.78 is 6.44. The van der Waals surface area contributed by atoms with Gasteiger partial charge in [-0.1, -0.05) is 6.07 Å². The van der Waals surface area contributed by atoms with Gasteiger partial charge in [-0.25, -0.2) is 4.90 Å². The Balaban J connectivity index is 0.903. The van der Waals surface area contributed by atoms with Crippen molar-refractivity contribution in [1.29, 1.82) is 0 Å². The van der Waals surface area contributed by atoms with Gasteiger partial charge in [0, 0.05) is 18.6 Å². The van der Waals surface area contributed by atoms with E-state index < -0.39 is 24.5 Å². The van der Waals surface area contributed by atoms with Crippen molar-refractivity contribution in [2.75, 3.05) is 37.6 Å². The van der Waals surface area contributed by atoms with E-state index in [0.29, 0.717) is 38.1 Å². The molecule has 0 amide bonds. The number of rotatable bonds is 9. The van der Waals surface area contributed by atoms with Gasteiger partial charge in [-0.3, -0.25) is 20.4 Å². The molecule has 8 atom stereocenters. The van der Waals surface area contributed by atoms with Gasteiger partial charge in [-0.15, -0.1) is 0 Å². The fourth-order valence-corrected chi connectivity index (χ4v) is 7.95. The van der Waals surface area contributed by atoms with Crippen LogP contribution in [0.25, 0.3) is 0 Å². The molecule has 4 aliphatic heterocycles. The number of nitrogens with zero attached hydrogens (tertiary/aromatic N) is 3. The molecule has 11 nitrogen and oxygen atoms in total. The Labute approximate surface area is 244 Å². The molecule has 4 unspecified atom stereocenters. The van der Waals surface area contributed by atoms with Gasteiger partial charge in [0.2, 0.25) is 0 Å². The van der Waals surface area contributed by atoms with Crippen LogP contribution < -0.4 is 27.0 Å². The molecule has 4 heterocycles. The molecule has 0 aromatic heterocycles. The number of likely N-dealkylation sites (N-methyl/N-ethyl adjacent to an activating group) is 1. The van der Waals surface area contributed by atoms with E-state index in [0.717, 1.165) is 18.3 Å². The van der Waals surface area contributed by atoms with E-state index in [1.165, 1.54) is 49.0 Å². The third kappa shape index (κ3) is 5.38. The molecule has 6 aliphatic rings. The molecule has 3 saturated heterocycles. The van der Waals surface area contributed by atoms with Gasteiger partial charge in [0.25, 0.3) is 0 Å². The number of benzene rings is 1. The van der Waals surface area contributed by atoms with Gasteiger partial charge in [0.1, 0.15) is 24.5 Å². The average Bonchev–Trinajstić information content (AvgIpc) is 3.44. The van der Waals surface area contributed by atoms with E-state index in [2.05, 4.69) is 68.0 Å². The lowest BCUT2D eigenvalue weighted by molar-refractivity contribution is -0.130. The molecule has 2 aliphatic carbocycles. The highest BCUT2D eigenvalue weighted by Gasteiger charge is 2.53. The normalized spacial score (nSPS) is 40.9. The highest BCUT2D eigenvalue weighted by molar-refractivity contribution is 5.75. The Morgan fingerprint density at radius 1 is 1.05 bits per heavy atom. The van der Waals surface area contributed by atoms with Crippen molar-refractivity contribution in [1.82, 2.24) is 25.3 Å². The molecular formula is C30H50N8O3. The summed E-state index contributed by atoms with van der Waals surface area (Å²) in [5.41, 5.74) is 10.3. The first kappa shape index (κ1) is 28.2. The quantitative estimate of drug-likeness (QED) is 0.227. The number of aliphatic hydroxyl groups is 2. The molecule has 0 radical (unpaired) electrons. The Morgan fingerprint density at radius 3 is 2.59 bits per heavy atom. The smallest absolute Gasteiger partial charge is 0.142 e. The summed E-state index contributed by atoms with van der Waals surface area (Å²) >= 11 is 0. The largest absolute Gasteiger partial charge is 0.387 e. The monoisotopic (exact) mass is 570 g/mol. The van der Waals surface area contributed by atoms with Crippen molar-refractivity contribution in [2.24, 2.45) is 11.7 Å². The number of fused-ring (bicyclic) bond motifs is 2. The van der Waals surface area contributed by atoms with E-state index >= 15 is 0 Å². The fourth-order valence-electron chi connectivity index (χ4n) is 7.95. The predicted octanol–water partition coefficient (Wildman–Crippen LogP) is 0.778. The molecule has 41 heavy (non-hydrogen) atoms. The molecule has 11 heteroatoms. The summed E-state index contributed by atoms with van der Waals surface area (Å²) in [5.74, 6) is 1.50. The van der Waals surface area contributed by atoms with Gasteiger partial charge in [-0.2, -0.15) is 0 Å². The van der Waals surface area contributed by atoms with E-state index in [9.17, 15) is 10.2 Å². The molecule has 8 N–H and O–H groups in total. The van der Waals surface area contributed by atoms with Crippen LogP contribution in [0.15, 0.2) is 18.2 Å². The number of nitrogens with one attached hydrogen (secondary N) is 4. The fraction of sp³-hybridized carbons (Fsp3) is 0.800. The van der Waals surface area contributed by atoms with Crippen LogP contribution in [0.3, 0.4) is 0 Å². The van der Waals surface area contributed by atoms with Crippen LogP contribution >= 0.6 is 0 Å². The number of ether oxygens (including phenoxy) is 1. The van der Waals surface area contributed by atoms with Gasteiger partial charge < -0.3 is 31.3 Å². The predicted molar refractivity (Wildman–Crippen MR) is 159 cm³/mol. The third-order valence-electron chi connectivity index (χ3n) is 10.6. The zero-order chi connectivity index (χ0) is 28.4. The van der Waals surface area contributed by atoms with Crippen LogP contribution in [0.2, 0.25) is 0 Å². The van der Waals surface area contributed by atoms with E-state index in [1.807, 2.05) is 7.05 Å². The molecule has 2 saturated carbocycles. The number of nitrogens with two attached hydrogens (primary N) is 1. The van der Waals surface area contributed by atoms with Crippen molar-refractivity contribution < 1.29 is 14.9 Å². The summed E-state index contributed by atoms with van der Waals surface area (Å²) in [6.45, 7) is 6.30. The molecule has 0 bridgehead atoms. The second kappa shape index (κ2) is 11.2. The van der Waals surface area contributed by atoms with Crippen LogP contribution in [0.1, 0.15) is 63.9 Å². The Kier molecular flexibility index (Phi) is 7.71. The summed E-state index contributed by atoms with van der Waals surface area (Å²) in [5, 5.41) is 36.3. The second-order valence-corrected chi connectivity index (χ2v) is 13.8. The van der Waals surface area contributed by atoms with Crippen molar-refractivity contribution in [3.8, 4) is 0 Å². The van der Waals surface area contributed by atoms with Crippen LogP contribution in [-0.4, -0.2) is 113 Å². The Hall–Kier alpha value is -1.54. The molecule has 1 aromatic rings. The maximum atomic E-state index is 11.1. The summed E-state index contributed by atoms with van der Waals surface area (Å²) in [7, 11) is 2.04. The van der Waals surface area contributed by atoms with Crippen molar-refractivity contribution in [3.63, 3.8) is 0 Å². The van der Waals surface area contributed by atoms with Gasteiger partial charge >= 0.3 is 0 Å². The first-order valence-electron chi connectivity index (χ1n) is 15.9. The number of hydrogen-bond acceptors (Lipinski definition) is 11.